The van der Waals surface area contributed by atoms with Gasteiger partial charge in [0.1, 0.15) is 29.6 Å². The summed E-state index contributed by atoms with van der Waals surface area (Å²) >= 11 is 0. The van der Waals surface area contributed by atoms with Gasteiger partial charge in [0.25, 0.3) is 0 Å². The van der Waals surface area contributed by atoms with Gasteiger partial charge in [-0.3, -0.25) is 4.68 Å². The van der Waals surface area contributed by atoms with Crippen molar-refractivity contribution in [1.29, 1.82) is 0 Å². The maximum Gasteiger partial charge on any atom is 0.343 e. The number of hydrogen-bond acceptors (Lipinski definition) is 4. The van der Waals surface area contributed by atoms with Gasteiger partial charge in [0.2, 0.25) is 0 Å². The lowest BCUT2D eigenvalue weighted by Crippen LogP contribution is -2.09. The van der Waals surface area contributed by atoms with Crippen LogP contribution in [0.1, 0.15) is 21.6 Å². The SMILES string of the molecule is COC(=O)c1c(F)cc(OCc2c(C)cnn2C)cc1F. The summed E-state index contributed by atoms with van der Waals surface area (Å²) in [5.74, 6) is -3.14. The minimum atomic E-state index is -1.07. The van der Waals surface area contributed by atoms with Crippen LogP contribution in [-0.4, -0.2) is 22.9 Å². The molecule has 2 rings (SSSR count). The molecule has 0 saturated carbocycles. The summed E-state index contributed by atoms with van der Waals surface area (Å²) in [7, 11) is 2.80. The smallest absolute Gasteiger partial charge is 0.343 e. The number of rotatable bonds is 4. The summed E-state index contributed by atoms with van der Waals surface area (Å²) in [5.41, 5.74) is 0.957. The zero-order valence-electron chi connectivity index (χ0n) is 11.8. The second-order valence-electron chi connectivity index (χ2n) is 4.44. The molecule has 0 N–H and O–H groups in total. The predicted octanol–water partition coefficient (Wildman–Crippen LogP) is 2.37. The van der Waals surface area contributed by atoms with Crippen molar-refractivity contribution in [3.63, 3.8) is 0 Å². The average Bonchev–Trinajstić information content (AvgIpc) is 2.74. The molecule has 7 heteroatoms. The van der Waals surface area contributed by atoms with Crippen LogP contribution >= 0.6 is 0 Å². The number of nitrogens with zero attached hydrogens (tertiary/aromatic N) is 2. The third-order valence-electron chi connectivity index (χ3n) is 3.05. The third kappa shape index (κ3) is 3.01. The van der Waals surface area contributed by atoms with E-state index in [0.29, 0.717) is 0 Å². The molecule has 0 bridgehead atoms. The molecule has 2 aromatic rings. The number of methoxy groups -OCH3 is 1. The monoisotopic (exact) mass is 296 g/mol. The Morgan fingerprint density at radius 2 is 1.95 bits per heavy atom. The molecule has 0 saturated heterocycles. The number of carbonyl (C=O) groups excluding carboxylic acids is 1. The fourth-order valence-corrected chi connectivity index (χ4v) is 1.86. The number of carbonyl (C=O) groups is 1. The Balaban J connectivity index is 2.21. The summed E-state index contributed by atoms with van der Waals surface area (Å²) in [6.07, 6.45) is 1.67. The number of ether oxygens (including phenoxy) is 2. The van der Waals surface area contributed by atoms with Crippen molar-refractivity contribution in [3.8, 4) is 5.75 Å². The topological polar surface area (TPSA) is 53.4 Å². The quantitative estimate of drug-likeness (QED) is 0.813. The zero-order chi connectivity index (χ0) is 15.6. The summed E-state index contributed by atoms with van der Waals surface area (Å²) in [5, 5.41) is 4.04. The summed E-state index contributed by atoms with van der Waals surface area (Å²) in [4.78, 5) is 11.2. The number of aryl methyl sites for hydroxylation is 2. The van der Waals surface area contributed by atoms with Crippen molar-refractivity contribution in [1.82, 2.24) is 9.78 Å². The Kier molecular flexibility index (Phi) is 4.21. The Hall–Kier alpha value is -2.44. The van der Waals surface area contributed by atoms with Crippen LogP contribution in [0.15, 0.2) is 18.3 Å². The minimum Gasteiger partial charge on any atom is -0.487 e. The number of halogens is 2. The number of esters is 1. The van der Waals surface area contributed by atoms with Crippen molar-refractivity contribution in [2.75, 3.05) is 7.11 Å². The standard InChI is InChI=1S/C14H14F2N2O3/c1-8-6-17-18(2)12(8)7-21-9-4-10(15)13(11(16)5-9)14(19)20-3/h4-6H,7H2,1-3H3. The van der Waals surface area contributed by atoms with E-state index in [0.717, 1.165) is 30.5 Å². The summed E-state index contributed by atoms with van der Waals surface area (Å²) < 4.78 is 38.8. The van der Waals surface area contributed by atoms with Crippen molar-refractivity contribution < 1.29 is 23.0 Å². The Morgan fingerprint density at radius 3 is 2.43 bits per heavy atom. The van der Waals surface area contributed by atoms with E-state index in [4.69, 9.17) is 4.74 Å². The van der Waals surface area contributed by atoms with Crippen molar-refractivity contribution in [2.45, 2.75) is 13.5 Å². The average molecular weight is 296 g/mol. The van der Waals surface area contributed by atoms with Gasteiger partial charge in [0.15, 0.2) is 0 Å². The van der Waals surface area contributed by atoms with Gasteiger partial charge in [0, 0.05) is 19.2 Å². The number of aromatic nitrogens is 2. The number of benzene rings is 1. The lowest BCUT2D eigenvalue weighted by atomic mass is 10.2. The Bertz CT molecular complexity index is 640. The third-order valence-corrected chi connectivity index (χ3v) is 3.05. The van der Waals surface area contributed by atoms with Crippen molar-refractivity contribution in [2.24, 2.45) is 7.05 Å². The highest BCUT2D eigenvalue weighted by atomic mass is 19.1. The van der Waals surface area contributed by atoms with Crippen LogP contribution in [0.3, 0.4) is 0 Å². The van der Waals surface area contributed by atoms with Crippen LogP contribution in [0, 0.1) is 18.6 Å². The highest BCUT2D eigenvalue weighted by molar-refractivity contribution is 5.90. The van der Waals surface area contributed by atoms with Gasteiger partial charge >= 0.3 is 5.97 Å². The first kappa shape index (κ1) is 15.0. The number of hydrogen-bond donors (Lipinski definition) is 0. The maximum absolute atomic E-state index is 13.7. The van der Waals surface area contributed by atoms with E-state index in [-0.39, 0.29) is 12.4 Å². The van der Waals surface area contributed by atoms with Crippen molar-refractivity contribution >= 4 is 5.97 Å². The molecule has 0 fully saturated rings. The Morgan fingerprint density at radius 1 is 1.33 bits per heavy atom. The van der Waals surface area contributed by atoms with E-state index in [1.807, 2.05) is 6.92 Å². The molecule has 0 radical (unpaired) electrons. The van der Waals surface area contributed by atoms with Crippen LogP contribution in [0.5, 0.6) is 5.75 Å². The molecule has 0 aliphatic rings. The second kappa shape index (κ2) is 5.90. The van der Waals surface area contributed by atoms with E-state index in [2.05, 4.69) is 9.84 Å². The van der Waals surface area contributed by atoms with Crippen LogP contribution in [-0.2, 0) is 18.4 Å². The minimum absolute atomic E-state index is 0.0155. The van der Waals surface area contributed by atoms with Crippen molar-refractivity contribution in [3.05, 3.63) is 46.8 Å². The molecule has 0 unspecified atom stereocenters. The second-order valence-corrected chi connectivity index (χ2v) is 4.44. The van der Waals surface area contributed by atoms with E-state index in [1.165, 1.54) is 0 Å². The molecule has 1 aromatic heterocycles. The van der Waals surface area contributed by atoms with Crippen LogP contribution in [0.2, 0.25) is 0 Å². The van der Waals surface area contributed by atoms with E-state index in [9.17, 15) is 13.6 Å². The molecular formula is C14H14F2N2O3. The molecule has 5 nitrogen and oxygen atoms in total. The van der Waals surface area contributed by atoms with Gasteiger partial charge in [-0.2, -0.15) is 5.10 Å². The summed E-state index contributed by atoms with van der Waals surface area (Å²) in [6.45, 7) is 1.96. The maximum atomic E-state index is 13.7. The van der Waals surface area contributed by atoms with E-state index < -0.39 is 23.2 Å². The van der Waals surface area contributed by atoms with Crippen LogP contribution in [0.25, 0.3) is 0 Å². The normalized spacial score (nSPS) is 10.5. The van der Waals surface area contributed by atoms with Crippen LogP contribution < -0.4 is 4.74 Å². The largest absolute Gasteiger partial charge is 0.487 e. The molecule has 1 heterocycles. The first-order valence-electron chi connectivity index (χ1n) is 6.11. The van der Waals surface area contributed by atoms with Gasteiger partial charge < -0.3 is 9.47 Å². The molecule has 0 aliphatic carbocycles. The molecule has 0 amide bonds. The van der Waals surface area contributed by atoms with Crippen LogP contribution in [0.4, 0.5) is 8.78 Å². The van der Waals surface area contributed by atoms with Gasteiger partial charge in [-0.25, -0.2) is 13.6 Å². The highest BCUT2D eigenvalue weighted by Gasteiger charge is 2.20. The van der Waals surface area contributed by atoms with E-state index >= 15 is 0 Å². The van der Waals surface area contributed by atoms with Gasteiger partial charge in [0.05, 0.1) is 19.0 Å². The molecule has 0 aliphatic heterocycles. The molecule has 0 spiro atoms. The van der Waals surface area contributed by atoms with Gasteiger partial charge in [-0.15, -0.1) is 0 Å². The van der Waals surface area contributed by atoms with Gasteiger partial charge in [-0.1, -0.05) is 0 Å². The first-order chi connectivity index (χ1) is 9.93. The van der Waals surface area contributed by atoms with E-state index in [1.54, 1.807) is 17.9 Å². The fourth-order valence-electron chi connectivity index (χ4n) is 1.86. The molecule has 112 valence electrons. The first-order valence-corrected chi connectivity index (χ1v) is 6.11. The molecule has 0 atom stereocenters. The van der Waals surface area contributed by atoms with Gasteiger partial charge in [-0.05, 0) is 12.5 Å². The summed E-state index contributed by atoms with van der Waals surface area (Å²) in [6, 6.07) is 1.89. The highest BCUT2D eigenvalue weighted by Crippen LogP contribution is 2.22. The molecule has 21 heavy (non-hydrogen) atoms. The Labute approximate surface area is 120 Å². The fraction of sp³-hybridized carbons (Fsp3) is 0.286. The molecule has 1 aromatic carbocycles. The lowest BCUT2D eigenvalue weighted by Gasteiger charge is -2.10. The predicted molar refractivity (Wildman–Crippen MR) is 70.0 cm³/mol. The lowest BCUT2D eigenvalue weighted by molar-refractivity contribution is 0.0589. The zero-order valence-corrected chi connectivity index (χ0v) is 11.8. The molecular weight excluding hydrogens is 282 g/mol.